The van der Waals surface area contributed by atoms with Crippen LogP contribution in [-0.4, -0.2) is 50.7 Å². The Morgan fingerprint density at radius 3 is 2.65 bits per heavy atom. The van der Waals surface area contributed by atoms with Gasteiger partial charge in [0.2, 0.25) is 5.91 Å². The summed E-state index contributed by atoms with van der Waals surface area (Å²) >= 11 is 0. The van der Waals surface area contributed by atoms with Crippen molar-refractivity contribution >= 4 is 5.91 Å². The molecule has 1 saturated carbocycles. The Labute approximate surface area is 105 Å². The van der Waals surface area contributed by atoms with Crippen molar-refractivity contribution in [1.82, 2.24) is 10.2 Å². The van der Waals surface area contributed by atoms with Crippen molar-refractivity contribution in [2.45, 2.75) is 44.6 Å². The first-order valence-electron chi connectivity index (χ1n) is 6.72. The van der Waals surface area contributed by atoms with Gasteiger partial charge in [0.05, 0.1) is 12.7 Å². The molecule has 1 rings (SSSR count). The number of hydrogen-bond donors (Lipinski definition) is 1. The fourth-order valence-corrected chi connectivity index (χ4v) is 2.07. The normalized spacial score (nSPS) is 16.4. The van der Waals surface area contributed by atoms with E-state index in [2.05, 4.69) is 5.32 Å². The third-order valence-corrected chi connectivity index (χ3v) is 3.18. The summed E-state index contributed by atoms with van der Waals surface area (Å²) in [7, 11) is 3.59. The third kappa shape index (κ3) is 6.64. The Morgan fingerprint density at radius 1 is 1.29 bits per heavy atom. The van der Waals surface area contributed by atoms with Crippen molar-refractivity contribution in [3.8, 4) is 0 Å². The van der Waals surface area contributed by atoms with Crippen LogP contribution in [0, 0.1) is 0 Å². The molecule has 17 heavy (non-hydrogen) atoms. The minimum absolute atomic E-state index is 0.203. The number of nitrogens with zero attached hydrogens (tertiary/aromatic N) is 1. The topological polar surface area (TPSA) is 41.6 Å². The molecular formula is C13H26N2O2. The van der Waals surface area contributed by atoms with Gasteiger partial charge in [-0.1, -0.05) is 12.8 Å². The lowest BCUT2D eigenvalue weighted by Gasteiger charge is -2.12. The van der Waals surface area contributed by atoms with Crippen LogP contribution in [-0.2, 0) is 9.53 Å². The van der Waals surface area contributed by atoms with Crippen LogP contribution in [0.4, 0.5) is 0 Å². The number of carbonyl (C=O) groups is 1. The lowest BCUT2D eigenvalue weighted by atomic mass is 10.3. The lowest BCUT2D eigenvalue weighted by molar-refractivity contribution is -0.128. The molecule has 1 aliphatic carbocycles. The van der Waals surface area contributed by atoms with Gasteiger partial charge >= 0.3 is 0 Å². The molecule has 100 valence electrons. The highest BCUT2D eigenvalue weighted by Crippen LogP contribution is 2.20. The highest BCUT2D eigenvalue weighted by molar-refractivity contribution is 5.75. The molecule has 1 N–H and O–H groups in total. The zero-order valence-electron chi connectivity index (χ0n) is 11.2. The molecule has 0 aromatic rings. The second kappa shape index (κ2) is 8.48. The molecule has 0 spiro atoms. The SMILES string of the molecule is CN(C)C(=O)CCCNCCOC1CCCC1. The van der Waals surface area contributed by atoms with Gasteiger partial charge in [0.25, 0.3) is 0 Å². The van der Waals surface area contributed by atoms with Crippen LogP contribution >= 0.6 is 0 Å². The maximum Gasteiger partial charge on any atom is 0.222 e. The second-order valence-corrected chi connectivity index (χ2v) is 4.92. The molecule has 0 unspecified atom stereocenters. The first-order valence-corrected chi connectivity index (χ1v) is 6.72. The number of hydrogen-bond acceptors (Lipinski definition) is 3. The molecule has 0 aromatic carbocycles. The fourth-order valence-electron chi connectivity index (χ4n) is 2.07. The van der Waals surface area contributed by atoms with E-state index in [0.29, 0.717) is 12.5 Å². The molecule has 0 aliphatic heterocycles. The zero-order chi connectivity index (χ0) is 12.5. The van der Waals surface area contributed by atoms with Crippen LogP contribution in [0.2, 0.25) is 0 Å². The van der Waals surface area contributed by atoms with E-state index in [1.807, 2.05) is 0 Å². The molecule has 0 saturated heterocycles. The number of ether oxygens (including phenoxy) is 1. The van der Waals surface area contributed by atoms with E-state index >= 15 is 0 Å². The molecule has 1 amide bonds. The Kier molecular flexibility index (Phi) is 7.21. The summed E-state index contributed by atoms with van der Waals surface area (Å²) in [5.41, 5.74) is 0. The Bertz CT molecular complexity index is 213. The van der Waals surface area contributed by atoms with Crippen molar-refractivity contribution in [1.29, 1.82) is 0 Å². The van der Waals surface area contributed by atoms with Crippen LogP contribution in [0.3, 0.4) is 0 Å². The average molecular weight is 242 g/mol. The van der Waals surface area contributed by atoms with Gasteiger partial charge < -0.3 is 15.0 Å². The lowest BCUT2D eigenvalue weighted by Crippen LogP contribution is -2.25. The minimum atomic E-state index is 0.203. The predicted molar refractivity (Wildman–Crippen MR) is 69.0 cm³/mol. The summed E-state index contributed by atoms with van der Waals surface area (Å²) in [6.07, 6.45) is 7.15. The number of amides is 1. The Morgan fingerprint density at radius 2 is 2.00 bits per heavy atom. The van der Waals surface area contributed by atoms with Gasteiger partial charge in [-0.25, -0.2) is 0 Å². The molecule has 0 heterocycles. The van der Waals surface area contributed by atoms with Crippen LogP contribution < -0.4 is 5.32 Å². The first kappa shape index (κ1) is 14.5. The van der Waals surface area contributed by atoms with E-state index in [-0.39, 0.29) is 5.91 Å². The van der Waals surface area contributed by atoms with Crippen LogP contribution in [0.15, 0.2) is 0 Å². The van der Waals surface area contributed by atoms with E-state index in [0.717, 1.165) is 26.1 Å². The van der Waals surface area contributed by atoms with Gasteiger partial charge in [-0.15, -0.1) is 0 Å². The van der Waals surface area contributed by atoms with Gasteiger partial charge in [-0.3, -0.25) is 4.79 Å². The third-order valence-electron chi connectivity index (χ3n) is 3.18. The molecule has 0 atom stereocenters. The van der Waals surface area contributed by atoms with E-state index in [1.165, 1.54) is 25.7 Å². The molecular weight excluding hydrogens is 216 g/mol. The standard InChI is InChI=1S/C13H26N2O2/c1-15(2)13(16)8-5-9-14-10-11-17-12-6-3-4-7-12/h12,14H,3-11H2,1-2H3. The predicted octanol–water partition coefficient (Wildman–Crippen LogP) is 1.40. The molecule has 4 heteroatoms. The first-order chi connectivity index (χ1) is 8.20. The Balaban J connectivity index is 1.82. The maximum absolute atomic E-state index is 11.3. The molecule has 0 aromatic heterocycles. The van der Waals surface area contributed by atoms with Crippen molar-refractivity contribution in [2.75, 3.05) is 33.8 Å². The molecule has 4 nitrogen and oxygen atoms in total. The van der Waals surface area contributed by atoms with Gasteiger partial charge in [-0.05, 0) is 25.8 Å². The summed E-state index contributed by atoms with van der Waals surface area (Å²) < 4.78 is 5.73. The largest absolute Gasteiger partial charge is 0.377 e. The van der Waals surface area contributed by atoms with Crippen molar-refractivity contribution < 1.29 is 9.53 Å². The molecule has 1 fully saturated rings. The van der Waals surface area contributed by atoms with Crippen LogP contribution in [0.1, 0.15) is 38.5 Å². The summed E-state index contributed by atoms with van der Waals surface area (Å²) in [4.78, 5) is 12.9. The zero-order valence-corrected chi connectivity index (χ0v) is 11.2. The van der Waals surface area contributed by atoms with Gasteiger partial charge in [-0.2, -0.15) is 0 Å². The summed E-state index contributed by atoms with van der Waals surface area (Å²) in [6, 6.07) is 0. The quantitative estimate of drug-likeness (QED) is 0.654. The summed E-state index contributed by atoms with van der Waals surface area (Å²) in [6.45, 7) is 2.59. The number of rotatable bonds is 8. The van der Waals surface area contributed by atoms with E-state index in [9.17, 15) is 4.79 Å². The molecule has 0 bridgehead atoms. The highest BCUT2D eigenvalue weighted by atomic mass is 16.5. The fraction of sp³-hybridized carbons (Fsp3) is 0.923. The average Bonchev–Trinajstić information content (AvgIpc) is 2.80. The van der Waals surface area contributed by atoms with E-state index < -0.39 is 0 Å². The van der Waals surface area contributed by atoms with Gasteiger partial charge in [0, 0.05) is 27.1 Å². The molecule has 1 aliphatic rings. The maximum atomic E-state index is 11.3. The number of nitrogens with one attached hydrogen (secondary N) is 1. The van der Waals surface area contributed by atoms with E-state index in [1.54, 1.807) is 19.0 Å². The van der Waals surface area contributed by atoms with Crippen molar-refractivity contribution in [3.05, 3.63) is 0 Å². The van der Waals surface area contributed by atoms with Gasteiger partial charge in [0.15, 0.2) is 0 Å². The van der Waals surface area contributed by atoms with Gasteiger partial charge in [0.1, 0.15) is 0 Å². The minimum Gasteiger partial charge on any atom is -0.377 e. The summed E-state index contributed by atoms with van der Waals surface area (Å²) in [5, 5.41) is 3.31. The van der Waals surface area contributed by atoms with Crippen molar-refractivity contribution in [2.24, 2.45) is 0 Å². The Hall–Kier alpha value is -0.610. The highest BCUT2D eigenvalue weighted by Gasteiger charge is 2.14. The van der Waals surface area contributed by atoms with Crippen LogP contribution in [0.5, 0.6) is 0 Å². The second-order valence-electron chi connectivity index (χ2n) is 4.92. The molecule has 0 radical (unpaired) electrons. The van der Waals surface area contributed by atoms with Crippen molar-refractivity contribution in [3.63, 3.8) is 0 Å². The summed E-state index contributed by atoms with van der Waals surface area (Å²) in [5.74, 6) is 0.203. The smallest absolute Gasteiger partial charge is 0.222 e. The number of carbonyl (C=O) groups excluding carboxylic acids is 1. The monoisotopic (exact) mass is 242 g/mol. The van der Waals surface area contributed by atoms with E-state index in [4.69, 9.17) is 4.74 Å². The van der Waals surface area contributed by atoms with Crippen LogP contribution in [0.25, 0.3) is 0 Å².